The lowest BCUT2D eigenvalue weighted by Crippen LogP contribution is -2.19. The molecule has 1 unspecified atom stereocenters. The fourth-order valence-electron chi connectivity index (χ4n) is 3.99. The molecule has 2 nitrogen and oxygen atoms in total. The molecular formula is C26H26N2. The van der Waals surface area contributed by atoms with E-state index in [1.54, 1.807) is 0 Å². The predicted octanol–water partition coefficient (Wildman–Crippen LogP) is 6.92. The quantitative estimate of drug-likeness (QED) is 0.417. The molecule has 1 aromatic heterocycles. The summed E-state index contributed by atoms with van der Waals surface area (Å²) in [5.74, 6) is 0.287. The molecule has 0 fully saturated rings. The molecule has 0 saturated heterocycles. The highest BCUT2D eigenvalue weighted by Crippen LogP contribution is 2.41. The molecule has 0 amide bonds. The van der Waals surface area contributed by atoms with Crippen molar-refractivity contribution in [1.29, 1.82) is 0 Å². The SMILES string of the molecule is CC(C)(C)C(c1cn[nH]c1)c1cccc(-c2ccc(-c3ccccc3)cc2)c1. The second-order valence-electron chi connectivity index (χ2n) is 8.40. The lowest BCUT2D eigenvalue weighted by molar-refractivity contribution is 0.358. The molecule has 0 aliphatic carbocycles. The van der Waals surface area contributed by atoms with E-state index in [-0.39, 0.29) is 11.3 Å². The zero-order chi connectivity index (χ0) is 19.6. The fourth-order valence-corrected chi connectivity index (χ4v) is 3.99. The number of hydrogen-bond acceptors (Lipinski definition) is 1. The van der Waals surface area contributed by atoms with Gasteiger partial charge in [-0.15, -0.1) is 0 Å². The molecule has 1 N–H and O–H groups in total. The number of nitrogens with zero attached hydrogens (tertiary/aromatic N) is 1. The van der Waals surface area contributed by atoms with E-state index in [4.69, 9.17) is 0 Å². The summed E-state index contributed by atoms with van der Waals surface area (Å²) in [4.78, 5) is 0. The highest BCUT2D eigenvalue weighted by molar-refractivity contribution is 5.70. The van der Waals surface area contributed by atoms with Gasteiger partial charge in [0.05, 0.1) is 6.20 Å². The Balaban J connectivity index is 1.69. The summed E-state index contributed by atoms with van der Waals surface area (Å²) < 4.78 is 0. The van der Waals surface area contributed by atoms with Crippen molar-refractivity contribution in [2.75, 3.05) is 0 Å². The molecule has 4 rings (SSSR count). The molecule has 28 heavy (non-hydrogen) atoms. The van der Waals surface area contributed by atoms with E-state index < -0.39 is 0 Å². The van der Waals surface area contributed by atoms with Gasteiger partial charge in [0.25, 0.3) is 0 Å². The Morgan fingerprint density at radius 1 is 0.679 bits per heavy atom. The van der Waals surface area contributed by atoms with Crippen molar-refractivity contribution < 1.29 is 0 Å². The minimum atomic E-state index is 0.0969. The first-order valence-electron chi connectivity index (χ1n) is 9.77. The summed E-state index contributed by atoms with van der Waals surface area (Å²) in [6.07, 6.45) is 3.95. The van der Waals surface area contributed by atoms with Gasteiger partial charge in [-0.1, -0.05) is 99.6 Å². The molecule has 3 aromatic carbocycles. The average Bonchev–Trinajstić information content (AvgIpc) is 3.22. The van der Waals surface area contributed by atoms with Crippen LogP contribution in [0.1, 0.15) is 37.8 Å². The van der Waals surface area contributed by atoms with Crippen LogP contribution in [-0.4, -0.2) is 10.2 Å². The Kier molecular flexibility index (Phi) is 4.87. The van der Waals surface area contributed by atoms with Crippen molar-refractivity contribution in [3.05, 3.63) is 102 Å². The molecule has 0 bridgehead atoms. The van der Waals surface area contributed by atoms with Gasteiger partial charge in [-0.3, -0.25) is 5.10 Å². The van der Waals surface area contributed by atoms with Gasteiger partial charge < -0.3 is 0 Å². The van der Waals surface area contributed by atoms with Gasteiger partial charge in [0.2, 0.25) is 0 Å². The number of nitrogens with one attached hydrogen (secondary N) is 1. The second kappa shape index (κ2) is 7.47. The van der Waals surface area contributed by atoms with E-state index in [9.17, 15) is 0 Å². The third kappa shape index (κ3) is 3.77. The van der Waals surface area contributed by atoms with Crippen LogP contribution in [0.2, 0.25) is 0 Å². The Morgan fingerprint density at radius 2 is 1.29 bits per heavy atom. The van der Waals surface area contributed by atoms with Crippen LogP contribution >= 0.6 is 0 Å². The van der Waals surface area contributed by atoms with Gasteiger partial charge in [0, 0.05) is 12.1 Å². The maximum Gasteiger partial charge on any atom is 0.0525 e. The lowest BCUT2D eigenvalue weighted by atomic mass is 9.73. The minimum absolute atomic E-state index is 0.0969. The monoisotopic (exact) mass is 366 g/mol. The number of aromatic nitrogens is 2. The molecule has 0 saturated carbocycles. The van der Waals surface area contributed by atoms with E-state index in [2.05, 4.69) is 110 Å². The standard InChI is InChI=1S/C26H26N2/c1-26(2,3)25(24-17-27-28-18-24)23-11-7-10-22(16-23)21-14-12-20(13-15-21)19-8-5-4-6-9-19/h4-18,25H,1-3H3,(H,27,28). The number of hydrogen-bond donors (Lipinski definition) is 1. The van der Waals surface area contributed by atoms with E-state index in [1.165, 1.54) is 33.4 Å². The van der Waals surface area contributed by atoms with Crippen LogP contribution in [0.4, 0.5) is 0 Å². The van der Waals surface area contributed by atoms with Crippen LogP contribution in [0.25, 0.3) is 22.3 Å². The lowest BCUT2D eigenvalue weighted by Gasteiger charge is -2.30. The first kappa shape index (κ1) is 18.2. The topological polar surface area (TPSA) is 28.7 Å². The minimum Gasteiger partial charge on any atom is -0.285 e. The van der Waals surface area contributed by atoms with E-state index in [0.717, 1.165) is 0 Å². The largest absolute Gasteiger partial charge is 0.285 e. The normalized spacial score (nSPS) is 12.7. The molecular weight excluding hydrogens is 340 g/mol. The van der Waals surface area contributed by atoms with Crippen molar-refractivity contribution in [3.8, 4) is 22.3 Å². The molecule has 0 spiro atoms. The molecule has 2 heteroatoms. The van der Waals surface area contributed by atoms with Crippen LogP contribution in [0.15, 0.2) is 91.3 Å². The fraction of sp³-hybridized carbons (Fsp3) is 0.192. The third-order valence-electron chi connectivity index (χ3n) is 5.26. The van der Waals surface area contributed by atoms with E-state index >= 15 is 0 Å². The van der Waals surface area contributed by atoms with Crippen LogP contribution in [-0.2, 0) is 0 Å². The maximum atomic E-state index is 4.18. The third-order valence-corrected chi connectivity index (χ3v) is 5.26. The number of rotatable bonds is 4. The first-order valence-corrected chi connectivity index (χ1v) is 9.77. The summed E-state index contributed by atoms with van der Waals surface area (Å²) in [6, 6.07) is 28.2. The van der Waals surface area contributed by atoms with Crippen molar-refractivity contribution in [3.63, 3.8) is 0 Å². The van der Waals surface area contributed by atoms with Gasteiger partial charge >= 0.3 is 0 Å². The maximum absolute atomic E-state index is 4.18. The zero-order valence-electron chi connectivity index (χ0n) is 16.7. The molecule has 0 radical (unpaired) electrons. The molecule has 1 atom stereocenters. The summed E-state index contributed by atoms with van der Waals surface area (Å²) in [5, 5.41) is 7.15. The van der Waals surface area contributed by atoms with Crippen LogP contribution in [0.3, 0.4) is 0 Å². The van der Waals surface area contributed by atoms with Gasteiger partial charge in [-0.05, 0) is 38.8 Å². The average molecular weight is 367 g/mol. The smallest absolute Gasteiger partial charge is 0.0525 e. The Labute approximate surface area is 167 Å². The van der Waals surface area contributed by atoms with Crippen molar-refractivity contribution in [2.45, 2.75) is 26.7 Å². The van der Waals surface area contributed by atoms with Gasteiger partial charge in [-0.25, -0.2) is 0 Å². The summed E-state index contributed by atoms with van der Waals surface area (Å²) in [6.45, 7) is 6.85. The molecule has 0 aliphatic heterocycles. The molecule has 0 aliphatic rings. The van der Waals surface area contributed by atoms with Crippen molar-refractivity contribution in [1.82, 2.24) is 10.2 Å². The molecule has 1 heterocycles. The zero-order valence-corrected chi connectivity index (χ0v) is 16.7. The number of aromatic amines is 1. The van der Waals surface area contributed by atoms with Gasteiger partial charge in [-0.2, -0.15) is 5.10 Å². The molecule has 4 aromatic rings. The Morgan fingerprint density at radius 3 is 1.89 bits per heavy atom. The number of benzene rings is 3. The van der Waals surface area contributed by atoms with Crippen LogP contribution < -0.4 is 0 Å². The van der Waals surface area contributed by atoms with Crippen molar-refractivity contribution >= 4 is 0 Å². The van der Waals surface area contributed by atoms with Gasteiger partial charge in [0.15, 0.2) is 0 Å². The first-order chi connectivity index (χ1) is 13.5. The summed E-state index contributed by atoms with van der Waals surface area (Å²) in [5.41, 5.74) is 7.61. The predicted molar refractivity (Wildman–Crippen MR) is 117 cm³/mol. The summed E-state index contributed by atoms with van der Waals surface area (Å²) in [7, 11) is 0. The number of H-pyrrole nitrogens is 1. The van der Waals surface area contributed by atoms with Crippen molar-refractivity contribution in [2.24, 2.45) is 5.41 Å². The highest BCUT2D eigenvalue weighted by Gasteiger charge is 2.28. The Hall–Kier alpha value is -3.13. The van der Waals surface area contributed by atoms with E-state index in [1.807, 2.05) is 12.4 Å². The molecule has 140 valence electrons. The highest BCUT2D eigenvalue weighted by atomic mass is 15.1. The summed E-state index contributed by atoms with van der Waals surface area (Å²) >= 11 is 0. The van der Waals surface area contributed by atoms with Gasteiger partial charge in [0.1, 0.15) is 0 Å². The second-order valence-corrected chi connectivity index (χ2v) is 8.40. The van der Waals surface area contributed by atoms with Crippen LogP contribution in [0.5, 0.6) is 0 Å². The van der Waals surface area contributed by atoms with Crippen LogP contribution in [0, 0.1) is 5.41 Å². The Bertz CT molecular complexity index is 1020. The van der Waals surface area contributed by atoms with E-state index in [0.29, 0.717) is 0 Å².